The first kappa shape index (κ1) is 17.5. The minimum atomic E-state index is 0.242. The molecule has 1 aromatic heterocycles. The van der Waals surface area contributed by atoms with E-state index in [0.29, 0.717) is 5.89 Å². The maximum atomic E-state index is 5.87. The molecule has 0 spiro atoms. The van der Waals surface area contributed by atoms with Gasteiger partial charge >= 0.3 is 0 Å². The zero-order chi connectivity index (χ0) is 19.1. The summed E-state index contributed by atoms with van der Waals surface area (Å²) in [5, 5.41) is 0. The molecule has 138 valence electrons. The van der Waals surface area contributed by atoms with Crippen LogP contribution in [0.5, 0.6) is 11.5 Å². The molecule has 0 N–H and O–H groups in total. The Kier molecular flexibility index (Phi) is 4.41. The predicted molar refractivity (Wildman–Crippen MR) is 115 cm³/mol. The Balaban J connectivity index is 1.45. The van der Waals surface area contributed by atoms with Crippen LogP contribution in [0.3, 0.4) is 0 Å². The molecule has 28 heavy (non-hydrogen) atoms. The standard InChI is InChI=1S/C21H12Br2N2O3/c22-14-3-1-12(2-4-14)21-25-17-8-15(5-6-18(17)28-21)24-10-13-7-19-20(9-16(13)23)27-11-26-19/h1-10H,11H2. The van der Waals surface area contributed by atoms with Gasteiger partial charge < -0.3 is 13.9 Å². The van der Waals surface area contributed by atoms with Gasteiger partial charge in [-0.15, -0.1) is 0 Å². The van der Waals surface area contributed by atoms with E-state index in [4.69, 9.17) is 13.9 Å². The number of fused-ring (bicyclic) bond motifs is 2. The summed E-state index contributed by atoms with van der Waals surface area (Å²) < 4.78 is 18.6. The quantitative estimate of drug-likeness (QED) is 0.302. The molecule has 3 aromatic carbocycles. The van der Waals surface area contributed by atoms with Crippen LogP contribution in [0.1, 0.15) is 5.56 Å². The van der Waals surface area contributed by atoms with Gasteiger partial charge in [-0.05, 0) is 70.5 Å². The Labute approximate surface area is 177 Å². The van der Waals surface area contributed by atoms with Crippen LogP contribution < -0.4 is 9.47 Å². The molecule has 7 heteroatoms. The van der Waals surface area contributed by atoms with Gasteiger partial charge in [0.15, 0.2) is 17.1 Å². The number of ether oxygens (including phenoxy) is 2. The lowest BCUT2D eigenvalue weighted by atomic mass is 10.2. The fraction of sp³-hybridized carbons (Fsp3) is 0.0476. The van der Waals surface area contributed by atoms with E-state index < -0.39 is 0 Å². The lowest BCUT2D eigenvalue weighted by Gasteiger charge is -2.01. The van der Waals surface area contributed by atoms with Crippen molar-refractivity contribution < 1.29 is 13.9 Å². The Morgan fingerprint density at radius 1 is 0.929 bits per heavy atom. The van der Waals surface area contributed by atoms with E-state index in [1.165, 1.54) is 0 Å². The van der Waals surface area contributed by atoms with Gasteiger partial charge in [-0.3, -0.25) is 4.99 Å². The summed E-state index contributed by atoms with van der Waals surface area (Å²) >= 11 is 6.98. The van der Waals surface area contributed by atoms with E-state index in [1.807, 2.05) is 54.6 Å². The molecule has 0 atom stereocenters. The van der Waals surface area contributed by atoms with Crippen LogP contribution >= 0.6 is 31.9 Å². The smallest absolute Gasteiger partial charge is 0.231 e. The summed E-state index contributed by atoms with van der Waals surface area (Å²) in [6.45, 7) is 0.242. The summed E-state index contributed by atoms with van der Waals surface area (Å²) in [4.78, 5) is 9.16. The Hall–Kier alpha value is -2.64. The van der Waals surface area contributed by atoms with Crippen molar-refractivity contribution >= 4 is 54.9 Å². The van der Waals surface area contributed by atoms with Gasteiger partial charge in [-0.25, -0.2) is 4.98 Å². The molecule has 5 nitrogen and oxygen atoms in total. The lowest BCUT2D eigenvalue weighted by molar-refractivity contribution is 0.174. The van der Waals surface area contributed by atoms with Gasteiger partial charge in [-0.1, -0.05) is 15.9 Å². The van der Waals surface area contributed by atoms with Gasteiger partial charge in [0.05, 0.1) is 5.69 Å². The van der Waals surface area contributed by atoms with Crippen molar-refractivity contribution in [1.82, 2.24) is 4.98 Å². The molecular formula is C21H12Br2N2O3. The molecule has 1 aliphatic heterocycles. The van der Waals surface area contributed by atoms with Crippen LogP contribution in [-0.2, 0) is 0 Å². The van der Waals surface area contributed by atoms with Crippen LogP contribution in [0.25, 0.3) is 22.6 Å². The number of halogens is 2. The van der Waals surface area contributed by atoms with E-state index in [-0.39, 0.29) is 6.79 Å². The Morgan fingerprint density at radius 3 is 2.54 bits per heavy atom. The molecule has 0 saturated carbocycles. The molecule has 0 unspecified atom stereocenters. The number of aromatic nitrogens is 1. The van der Waals surface area contributed by atoms with Gasteiger partial charge in [0.1, 0.15) is 5.52 Å². The SMILES string of the molecule is Brc1ccc(-c2nc3cc(N=Cc4cc5c(cc4Br)OCO5)ccc3o2)cc1. The lowest BCUT2D eigenvalue weighted by Crippen LogP contribution is -1.92. The van der Waals surface area contributed by atoms with Gasteiger partial charge in [0.25, 0.3) is 0 Å². The second-order valence-electron chi connectivity index (χ2n) is 6.16. The van der Waals surface area contributed by atoms with Crippen molar-refractivity contribution in [2.75, 3.05) is 6.79 Å². The highest BCUT2D eigenvalue weighted by Gasteiger charge is 2.15. The molecular weight excluding hydrogens is 488 g/mol. The van der Waals surface area contributed by atoms with E-state index in [9.17, 15) is 0 Å². The van der Waals surface area contributed by atoms with Crippen molar-refractivity contribution in [2.24, 2.45) is 4.99 Å². The number of nitrogens with zero attached hydrogens (tertiary/aromatic N) is 2. The van der Waals surface area contributed by atoms with Crippen molar-refractivity contribution in [2.45, 2.75) is 0 Å². The molecule has 1 aliphatic rings. The van der Waals surface area contributed by atoms with Crippen molar-refractivity contribution in [1.29, 1.82) is 0 Å². The predicted octanol–water partition coefficient (Wildman–Crippen LogP) is 6.50. The topological polar surface area (TPSA) is 56.9 Å². The van der Waals surface area contributed by atoms with E-state index in [1.54, 1.807) is 6.21 Å². The third-order valence-electron chi connectivity index (χ3n) is 4.31. The highest BCUT2D eigenvalue weighted by atomic mass is 79.9. The molecule has 0 fully saturated rings. The van der Waals surface area contributed by atoms with E-state index >= 15 is 0 Å². The van der Waals surface area contributed by atoms with Crippen molar-refractivity contribution in [3.63, 3.8) is 0 Å². The first-order valence-electron chi connectivity index (χ1n) is 8.45. The minimum absolute atomic E-state index is 0.242. The normalized spacial score (nSPS) is 12.9. The fourth-order valence-corrected chi connectivity index (χ4v) is 3.58. The summed E-state index contributed by atoms with van der Waals surface area (Å²) in [5.41, 5.74) is 4.10. The number of rotatable bonds is 3. The van der Waals surface area contributed by atoms with Crippen LogP contribution in [-0.4, -0.2) is 18.0 Å². The molecule has 0 bridgehead atoms. The maximum Gasteiger partial charge on any atom is 0.231 e. The van der Waals surface area contributed by atoms with Crippen LogP contribution in [0.15, 0.2) is 73.0 Å². The molecule has 0 saturated heterocycles. The third-order valence-corrected chi connectivity index (χ3v) is 5.52. The average molecular weight is 500 g/mol. The zero-order valence-corrected chi connectivity index (χ0v) is 17.5. The third kappa shape index (κ3) is 3.31. The number of oxazole rings is 1. The molecule has 4 aromatic rings. The number of aliphatic imine (C=N–C) groups is 1. The molecule has 0 radical (unpaired) electrons. The summed E-state index contributed by atoms with van der Waals surface area (Å²) in [7, 11) is 0. The largest absolute Gasteiger partial charge is 0.454 e. The van der Waals surface area contributed by atoms with Crippen LogP contribution in [0.4, 0.5) is 5.69 Å². The molecule has 0 aliphatic carbocycles. The fourth-order valence-electron chi connectivity index (χ4n) is 2.89. The Morgan fingerprint density at radius 2 is 1.71 bits per heavy atom. The van der Waals surface area contributed by atoms with E-state index in [2.05, 4.69) is 41.8 Å². The maximum absolute atomic E-state index is 5.87. The first-order chi connectivity index (χ1) is 13.7. The number of benzene rings is 3. The number of hydrogen-bond acceptors (Lipinski definition) is 5. The number of hydrogen-bond donors (Lipinski definition) is 0. The van der Waals surface area contributed by atoms with Gasteiger partial charge in [0.2, 0.25) is 12.7 Å². The zero-order valence-electron chi connectivity index (χ0n) is 14.4. The van der Waals surface area contributed by atoms with Crippen LogP contribution in [0.2, 0.25) is 0 Å². The van der Waals surface area contributed by atoms with Gasteiger partial charge in [-0.2, -0.15) is 0 Å². The monoisotopic (exact) mass is 498 g/mol. The minimum Gasteiger partial charge on any atom is -0.454 e. The first-order valence-corrected chi connectivity index (χ1v) is 10.0. The van der Waals surface area contributed by atoms with Crippen LogP contribution in [0, 0.1) is 0 Å². The van der Waals surface area contributed by atoms with E-state index in [0.717, 1.165) is 48.4 Å². The highest BCUT2D eigenvalue weighted by Crippen LogP contribution is 2.36. The van der Waals surface area contributed by atoms with Crippen molar-refractivity contribution in [3.8, 4) is 23.0 Å². The summed E-state index contributed by atoms with van der Waals surface area (Å²) in [6.07, 6.45) is 1.78. The molecule has 0 amide bonds. The second-order valence-corrected chi connectivity index (χ2v) is 7.93. The highest BCUT2D eigenvalue weighted by molar-refractivity contribution is 9.10. The van der Waals surface area contributed by atoms with Crippen molar-refractivity contribution in [3.05, 3.63) is 69.1 Å². The average Bonchev–Trinajstić information content (AvgIpc) is 3.32. The molecule has 2 heterocycles. The molecule has 5 rings (SSSR count). The summed E-state index contributed by atoms with van der Waals surface area (Å²) in [6, 6.07) is 17.3. The van der Waals surface area contributed by atoms with Gasteiger partial charge in [0, 0.05) is 26.3 Å². The Bertz CT molecular complexity index is 1220. The summed E-state index contributed by atoms with van der Waals surface area (Å²) in [5.74, 6) is 2.03. The second kappa shape index (κ2) is 7.07.